The first-order valence-corrected chi connectivity index (χ1v) is 10.6. The fourth-order valence-corrected chi connectivity index (χ4v) is 3.57. The van der Waals surface area contributed by atoms with Crippen LogP contribution in [0.15, 0.2) is 53.0 Å². The van der Waals surface area contributed by atoms with Gasteiger partial charge in [0, 0.05) is 37.7 Å². The predicted molar refractivity (Wildman–Crippen MR) is 119 cm³/mol. The van der Waals surface area contributed by atoms with Crippen LogP contribution in [0.1, 0.15) is 0 Å². The molecule has 156 valence electrons. The lowest BCUT2D eigenvalue weighted by atomic mass is 10.2. The van der Waals surface area contributed by atoms with Crippen LogP contribution >= 0.6 is 15.9 Å². The number of ether oxygens (including phenoxy) is 2. The molecular weight excluding hydrogens is 434 g/mol. The minimum absolute atomic E-state index is 0.121. The van der Waals surface area contributed by atoms with Crippen molar-refractivity contribution in [2.24, 2.45) is 0 Å². The molecule has 0 spiro atoms. The van der Waals surface area contributed by atoms with Crippen molar-refractivity contribution in [3.05, 3.63) is 53.0 Å². The zero-order valence-electron chi connectivity index (χ0n) is 17.0. The third-order valence-electron chi connectivity index (χ3n) is 5.09. The molecule has 1 aliphatic heterocycles. The summed E-state index contributed by atoms with van der Waals surface area (Å²) in [4.78, 5) is 18.8. The Morgan fingerprint density at radius 1 is 1.07 bits per heavy atom. The molecule has 1 saturated heterocycles. The van der Waals surface area contributed by atoms with Crippen molar-refractivity contribution in [1.82, 2.24) is 9.80 Å². The number of likely N-dealkylation sites (N-methyl/N-ethyl adjacent to an activating group) is 1. The second-order valence-electron chi connectivity index (χ2n) is 7.05. The first kappa shape index (κ1) is 21.5. The molecule has 3 rings (SSSR count). The Balaban J connectivity index is 1.40. The van der Waals surface area contributed by atoms with Crippen LogP contribution in [0.3, 0.4) is 0 Å². The molecule has 2 aromatic rings. The van der Waals surface area contributed by atoms with Gasteiger partial charge in [0.15, 0.2) is 0 Å². The van der Waals surface area contributed by atoms with Crippen LogP contribution in [0, 0.1) is 0 Å². The van der Waals surface area contributed by atoms with Gasteiger partial charge in [0.25, 0.3) is 0 Å². The van der Waals surface area contributed by atoms with E-state index in [0.29, 0.717) is 19.7 Å². The van der Waals surface area contributed by atoms with Crippen LogP contribution in [0.25, 0.3) is 0 Å². The summed E-state index contributed by atoms with van der Waals surface area (Å²) in [5.41, 5.74) is 1.11. The first-order valence-electron chi connectivity index (χ1n) is 9.79. The molecule has 0 bridgehead atoms. The summed E-state index contributed by atoms with van der Waals surface area (Å²) in [7, 11) is 3.53. The fourth-order valence-electron chi connectivity index (χ4n) is 3.31. The van der Waals surface area contributed by atoms with E-state index < -0.39 is 0 Å². The van der Waals surface area contributed by atoms with Crippen molar-refractivity contribution in [3.63, 3.8) is 0 Å². The summed E-state index contributed by atoms with van der Waals surface area (Å²) < 4.78 is 12.2. The number of nitrogens with zero attached hydrogens (tertiary/aromatic N) is 3. The molecule has 0 unspecified atom stereocenters. The van der Waals surface area contributed by atoms with Crippen LogP contribution in [-0.4, -0.2) is 75.7 Å². The highest BCUT2D eigenvalue weighted by atomic mass is 79.9. The summed E-state index contributed by atoms with van der Waals surface area (Å²) in [5.74, 6) is 1.82. The van der Waals surface area contributed by atoms with Crippen molar-refractivity contribution in [2.75, 3.05) is 64.9 Å². The second-order valence-corrected chi connectivity index (χ2v) is 7.97. The minimum Gasteiger partial charge on any atom is -0.495 e. The van der Waals surface area contributed by atoms with Crippen molar-refractivity contribution in [2.45, 2.75) is 0 Å². The van der Waals surface area contributed by atoms with Gasteiger partial charge in [-0.25, -0.2) is 0 Å². The number of amides is 1. The summed E-state index contributed by atoms with van der Waals surface area (Å²) >= 11 is 3.40. The number of methoxy groups -OCH3 is 1. The van der Waals surface area contributed by atoms with Gasteiger partial charge >= 0.3 is 0 Å². The maximum atomic E-state index is 12.5. The summed E-state index contributed by atoms with van der Waals surface area (Å²) in [6.45, 7) is 4.95. The predicted octanol–water partition coefficient (Wildman–Crippen LogP) is 3.12. The number of carbonyl (C=O) groups is 1. The van der Waals surface area contributed by atoms with E-state index in [2.05, 4.69) is 31.8 Å². The Kier molecular flexibility index (Phi) is 7.77. The van der Waals surface area contributed by atoms with Crippen molar-refractivity contribution >= 4 is 27.5 Å². The van der Waals surface area contributed by atoms with E-state index >= 15 is 0 Å². The number of carbonyl (C=O) groups excluding carboxylic acids is 1. The molecule has 1 fully saturated rings. The molecule has 0 radical (unpaired) electrons. The summed E-state index contributed by atoms with van der Waals surface area (Å²) in [6.07, 6.45) is 0. The molecule has 1 amide bonds. The number of benzene rings is 2. The Morgan fingerprint density at radius 2 is 1.76 bits per heavy atom. The molecule has 0 atom stereocenters. The number of para-hydroxylation sites is 2. The molecule has 0 saturated carbocycles. The molecule has 6 nitrogen and oxygen atoms in total. The normalized spacial score (nSPS) is 14.5. The average molecular weight is 462 g/mol. The number of piperazine rings is 1. The highest BCUT2D eigenvalue weighted by Gasteiger charge is 2.22. The van der Waals surface area contributed by atoms with Gasteiger partial charge in [-0.05, 0) is 36.4 Å². The molecular formula is C22H28BrN3O3. The summed E-state index contributed by atoms with van der Waals surface area (Å²) in [6, 6.07) is 15.8. The Labute approximate surface area is 181 Å². The molecule has 0 aromatic heterocycles. The second kappa shape index (κ2) is 10.5. The van der Waals surface area contributed by atoms with Crippen molar-refractivity contribution < 1.29 is 14.3 Å². The Morgan fingerprint density at radius 3 is 2.45 bits per heavy atom. The number of anilines is 1. The van der Waals surface area contributed by atoms with E-state index in [9.17, 15) is 4.79 Å². The molecule has 0 N–H and O–H groups in total. The van der Waals surface area contributed by atoms with Gasteiger partial charge < -0.3 is 19.3 Å². The van der Waals surface area contributed by atoms with E-state index in [0.717, 1.165) is 47.8 Å². The maximum absolute atomic E-state index is 12.5. The Hall–Kier alpha value is -2.25. The van der Waals surface area contributed by atoms with Gasteiger partial charge in [-0.15, -0.1) is 0 Å². The van der Waals surface area contributed by atoms with Gasteiger partial charge in [-0.3, -0.25) is 9.69 Å². The third kappa shape index (κ3) is 6.11. The standard InChI is InChI=1S/C22H28BrN3O3/c1-24(15-16-29-19-9-7-18(23)8-10-19)22(27)17-25-11-13-26(14-12-25)20-5-3-4-6-21(20)28-2/h3-10H,11-17H2,1-2H3. The average Bonchev–Trinajstić information content (AvgIpc) is 2.75. The quantitative estimate of drug-likeness (QED) is 0.604. The van der Waals surface area contributed by atoms with Gasteiger partial charge in [-0.2, -0.15) is 0 Å². The van der Waals surface area contributed by atoms with E-state index in [1.54, 1.807) is 12.0 Å². The lowest BCUT2D eigenvalue weighted by molar-refractivity contribution is -0.131. The van der Waals surface area contributed by atoms with E-state index in [1.807, 2.05) is 49.5 Å². The van der Waals surface area contributed by atoms with Crippen LogP contribution < -0.4 is 14.4 Å². The SMILES string of the molecule is COc1ccccc1N1CCN(CC(=O)N(C)CCOc2ccc(Br)cc2)CC1. The zero-order chi connectivity index (χ0) is 20.6. The number of hydrogen-bond donors (Lipinski definition) is 0. The maximum Gasteiger partial charge on any atom is 0.236 e. The van der Waals surface area contributed by atoms with Gasteiger partial charge in [0.1, 0.15) is 18.1 Å². The fraction of sp³-hybridized carbons (Fsp3) is 0.409. The number of rotatable bonds is 8. The van der Waals surface area contributed by atoms with Crippen LogP contribution in [-0.2, 0) is 4.79 Å². The third-order valence-corrected chi connectivity index (χ3v) is 5.62. The van der Waals surface area contributed by atoms with E-state index in [4.69, 9.17) is 9.47 Å². The lowest BCUT2D eigenvalue weighted by Gasteiger charge is -2.36. The molecule has 1 heterocycles. The van der Waals surface area contributed by atoms with Crippen LogP contribution in [0.5, 0.6) is 11.5 Å². The highest BCUT2D eigenvalue weighted by Crippen LogP contribution is 2.28. The monoisotopic (exact) mass is 461 g/mol. The Bertz CT molecular complexity index is 792. The largest absolute Gasteiger partial charge is 0.495 e. The number of halogens is 1. The molecule has 0 aliphatic carbocycles. The topological polar surface area (TPSA) is 45.2 Å². The van der Waals surface area contributed by atoms with Crippen LogP contribution in [0.2, 0.25) is 0 Å². The minimum atomic E-state index is 0.121. The molecule has 1 aliphatic rings. The van der Waals surface area contributed by atoms with Crippen LogP contribution in [0.4, 0.5) is 5.69 Å². The van der Waals surface area contributed by atoms with E-state index in [1.165, 1.54) is 0 Å². The van der Waals surface area contributed by atoms with E-state index in [-0.39, 0.29) is 5.91 Å². The zero-order valence-corrected chi connectivity index (χ0v) is 18.6. The van der Waals surface area contributed by atoms with Gasteiger partial charge in [-0.1, -0.05) is 28.1 Å². The molecule has 7 heteroatoms. The smallest absolute Gasteiger partial charge is 0.236 e. The molecule has 29 heavy (non-hydrogen) atoms. The molecule has 2 aromatic carbocycles. The van der Waals surface area contributed by atoms with Crippen molar-refractivity contribution in [3.8, 4) is 11.5 Å². The van der Waals surface area contributed by atoms with Gasteiger partial charge in [0.2, 0.25) is 5.91 Å². The number of hydrogen-bond acceptors (Lipinski definition) is 5. The van der Waals surface area contributed by atoms with Gasteiger partial charge in [0.05, 0.1) is 25.9 Å². The lowest BCUT2D eigenvalue weighted by Crippen LogP contribution is -2.50. The summed E-state index contributed by atoms with van der Waals surface area (Å²) in [5, 5.41) is 0. The van der Waals surface area contributed by atoms with Crippen molar-refractivity contribution in [1.29, 1.82) is 0 Å². The first-order chi connectivity index (χ1) is 14.1. The highest BCUT2D eigenvalue weighted by molar-refractivity contribution is 9.10.